The fourth-order valence-corrected chi connectivity index (χ4v) is 2.02. The number of halogens is 6. The molecule has 0 saturated heterocycles. The Hall–Kier alpha value is -1.82. The average Bonchev–Trinajstić information content (AvgIpc) is 2.36. The van der Waals surface area contributed by atoms with E-state index in [4.69, 9.17) is 11.6 Å². The monoisotopic (exact) mass is 322 g/mol. The Balaban J connectivity index is 2.40. The number of rotatable bonds is 3. The van der Waals surface area contributed by atoms with Gasteiger partial charge in [0.15, 0.2) is 0 Å². The van der Waals surface area contributed by atoms with Gasteiger partial charge in [0.05, 0.1) is 0 Å². The third-order valence-electron chi connectivity index (χ3n) is 2.57. The molecule has 0 N–H and O–H groups in total. The summed E-state index contributed by atoms with van der Waals surface area (Å²) in [6.07, 6.45) is -7.54. The summed E-state index contributed by atoms with van der Waals surface area (Å²) in [7, 11) is 0. The molecule has 0 bridgehead atoms. The Morgan fingerprint density at radius 3 is 2.29 bits per heavy atom. The van der Waals surface area contributed by atoms with Crippen LogP contribution in [-0.2, 0) is 0 Å². The maximum Gasteiger partial charge on any atom is 0.573 e. The molecular formula is C14H8ClF5O. The third kappa shape index (κ3) is 4.32. The minimum absolute atomic E-state index is 0.0740. The van der Waals surface area contributed by atoms with E-state index in [9.17, 15) is 22.0 Å². The Labute approximate surface area is 121 Å². The SMILES string of the molecule is FC(F)c1cc(Cl)cc(-c2cccc(OC(F)(F)F)c2)c1. The van der Waals surface area contributed by atoms with Crippen molar-refractivity contribution in [3.63, 3.8) is 0 Å². The molecule has 21 heavy (non-hydrogen) atoms. The molecule has 0 saturated carbocycles. The highest BCUT2D eigenvalue weighted by Crippen LogP contribution is 2.32. The summed E-state index contributed by atoms with van der Waals surface area (Å²) in [5, 5.41) is 0.0740. The van der Waals surface area contributed by atoms with Gasteiger partial charge in [0.25, 0.3) is 6.43 Å². The van der Waals surface area contributed by atoms with Gasteiger partial charge in [-0.15, -0.1) is 13.2 Å². The van der Waals surface area contributed by atoms with Crippen LogP contribution in [0.1, 0.15) is 12.0 Å². The van der Waals surface area contributed by atoms with Crippen LogP contribution in [0.15, 0.2) is 42.5 Å². The Bertz CT molecular complexity index is 640. The Morgan fingerprint density at radius 1 is 0.952 bits per heavy atom. The maximum atomic E-state index is 12.7. The summed E-state index contributed by atoms with van der Waals surface area (Å²) in [4.78, 5) is 0. The molecule has 0 spiro atoms. The first kappa shape index (κ1) is 15.6. The van der Waals surface area contributed by atoms with Gasteiger partial charge in [-0.1, -0.05) is 23.7 Å². The fourth-order valence-electron chi connectivity index (χ4n) is 1.78. The number of benzene rings is 2. The van der Waals surface area contributed by atoms with Gasteiger partial charge < -0.3 is 4.74 Å². The lowest BCUT2D eigenvalue weighted by Gasteiger charge is -2.11. The summed E-state index contributed by atoms with van der Waals surface area (Å²) in [5.74, 6) is -0.432. The second-order valence-corrected chi connectivity index (χ2v) is 4.59. The highest BCUT2D eigenvalue weighted by Gasteiger charge is 2.31. The first-order valence-corrected chi connectivity index (χ1v) is 6.07. The van der Waals surface area contributed by atoms with Crippen molar-refractivity contribution in [2.75, 3.05) is 0 Å². The quantitative estimate of drug-likeness (QED) is 0.645. The van der Waals surface area contributed by atoms with Crippen LogP contribution < -0.4 is 4.74 Å². The molecule has 1 nitrogen and oxygen atoms in total. The van der Waals surface area contributed by atoms with E-state index in [-0.39, 0.29) is 16.1 Å². The first-order valence-electron chi connectivity index (χ1n) is 5.69. The molecule has 0 heterocycles. The molecule has 7 heteroatoms. The van der Waals surface area contributed by atoms with Gasteiger partial charge >= 0.3 is 6.36 Å². The zero-order valence-corrected chi connectivity index (χ0v) is 11.1. The lowest BCUT2D eigenvalue weighted by atomic mass is 10.0. The molecule has 0 radical (unpaired) electrons. The molecule has 2 aromatic carbocycles. The van der Waals surface area contributed by atoms with Crippen LogP contribution in [-0.4, -0.2) is 6.36 Å². The topological polar surface area (TPSA) is 9.23 Å². The highest BCUT2D eigenvalue weighted by molar-refractivity contribution is 6.31. The van der Waals surface area contributed by atoms with Crippen molar-refractivity contribution in [1.29, 1.82) is 0 Å². The fraction of sp³-hybridized carbons (Fsp3) is 0.143. The van der Waals surface area contributed by atoms with Crippen molar-refractivity contribution in [3.05, 3.63) is 53.1 Å². The average molecular weight is 323 g/mol. The molecule has 0 aliphatic carbocycles. The maximum absolute atomic E-state index is 12.7. The minimum atomic E-state index is -4.82. The van der Waals surface area contributed by atoms with Gasteiger partial charge in [-0.25, -0.2) is 8.78 Å². The van der Waals surface area contributed by atoms with E-state index in [0.29, 0.717) is 5.56 Å². The zero-order valence-electron chi connectivity index (χ0n) is 10.3. The van der Waals surface area contributed by atoms with Crippen LogP contribution >= 0.6 is 11.6 Å². The van der Waals surface area contributed by atoms with E-state index in [2.05, 4.69) is 4.74 Å². The molecule has 0 aliphatic rings. The summed E-state index contributed by atoms with van der Waals surface area (Å²) < 4.78 is 65.7. The molecule has 0 amide bonds. The normalized spacial score (nSPS) is 11.8. The number of ether oxygens (including phenoxy) is 1. The Morgan fingerprint density at radius 2 is 1.67 bits per heavy atom. The minimum Gasteiger partial charge on any atom is -0.406 e. The molecule has 0 aliphatic heterocycles. The van der Waals surface area contributed by atoms with Crippen LogP contribution in [0.5, 0.6) is 5.75 Å². The highest BCUT2D eigenvalue weighted by atomic mass is 35.5. The second kappa shape index (κ2) is 5.89. The van der Waals surface area contributed by atoms with Gasteiger partial charge in [0.1, 0.15) is 5.75 Å². The number of alkyl halides is 5. The number of hydrogen-bond acceptors (Lipinski definition) is 1. The molecule has 0 fully saturated rings. The molecule has 2 aromatic rings. The third-order valence-corrected chi connectivity index (χ3v) is 2.79. The zero-order chi connectivity index (χ0) is 15.6. The smallest absolute Gasteiger partial charge is 0.406 e. The summed E-state index contributed by atoms with van der Waals surface area (Å²) in [5.41, 5.74) is 0.270. The lowest BCUT2D eigenvalue weighted by molar-refractivity contribution is -0.274. The van der Waals surface area contributed by atoms with Gasteiger partial charge in [-0.2, -0.15) is 0 Å². The van der Waals surface area contributed by atoms with E-state index in [1.165, 1.54) is 24.3 Å². The first-order chi connectivity index (χ1) is 9.74. The summed E-state index contributed by atoms with van der Waals surface area (Å²) in [6.45, 7) is 0. The van der Waals surface area contributed by atoms with Crippen LogP contribution in [0.2, 0.25) is 5.02 Å². The molecular weight excluding hydrogens is 315 g/mol. The van der Waals surface area contributed by atoms with Gasteiger partial charge in [0, 0.05) is 10.6 Å². The second-order valence-electron chi connectivity index (χ2n) is 4.15. The van der Waals surface area contributed by atoms with Gasteiger partial charge in [-0.3, -0.25) is 0 Å². The van der Waals surface area contributed by atoms with Crippen molar-refractivity contribution in [2.45, 2.75) is 12.8 Å². The predicted molar refractivity (Wildman–Crippen MR) is 68.5 cm³/mol. The molecule has 0 aromatic heterocycles. The van der Waals surface area contributed by atoms with E-state index < -0.39 is 18.5 Å². The number of hydrogen-bond donors (Lipinski definition) is 0. The van der Waals surface area contributed by atoms with Gasteiger partial charge in [-0.05, 0) is 41.5 Å². The largest absolute Gasteiger partial charge is 0.573 e. The predicted octanol–water partition coefficient (Wildman–Crippen LogP) is 5.84. The standard InChI is InChI=1S/C14H8ClF5O/c15-11-5-9(4-10(6-11)13(16)17)8-2-1-3-12(7-8)21-14(18,19)20/h1-7,13H. The van der Waals surface area contributed by atoms with Crippen molar-refractivity contribution >= 4 is 11.6 Å². The van der Waals surface area contributed by atoms with Crippen LogP contribution in [0.4, 0.5) is 22.0 Å². The van der Waals surface area contributed by atoms with Crippen molar-refractivity contribution in [3.8, 4) is 16.9 Å². The summed E-state index contributed by atoms with van der Waals surface area (Å²) >= 11 is 5.75. The van der Waals surface area contributed by atoms with E-state index in [1.807, 2.05) is 0 Å². The molecule has 0 atom stereocenters. The van der Waals surface area contributed by atoms with E-state index >= 15 is 0 Å². The molecule has 2 rings (SSSR count). The van der Waals surface area contributed by atoms with E-state index in [1.54, 1.807) is 0 Å². The van der Waals surface area contributed by atoms with Crippen molar-refractivity contribution in [1.82, 2.24) is 0 Å². The van der Waals surface area contributed by atoms with Crippen LogP contribution in [0.25, 0.3) is 11.1 Å². The summed E-state index contributed by atoms with van der Waals surface area (Å²) in [6, 6.07) is 8.70. The van der Waals surface area contributed by atoms with Crippen molar-refractivity contribution in [2.24, 2.45) is 0 Å². The van der Waals surface area contributed by atoms with Gasteiger partial charge in [0.2, 0.25) is 0 Å². The lowest BCUT2D eigenvalue weighted by Crippen LogP contribution is -2.17. The van der Waals surface area contributed by atoms with Crippen molar-refractivity contribution < 1.29 is 26.7 Å². The van der Waals surface area contributed by atoms with E-state index in [0.717, 1.165) is 18.2 Å². The Kier molecular flexibility index (Phi) is 4.37. The van der Waals surface area contributed by atoms with Crippen LogP contribution in [0.3, 0.4) is 0 Å². The molecule has 0 unspecified atom stereocenters. The van der Waals surface area contributed by atoms with Crippen LogP contribution in [0, 0.1) is 0 Å². The molecule has 112 valence electrons.